The van der Waals surface area contributed by atoms with Gasteiger partial charge in [-0.25, -0.2) is 4.39 Å². The van der Waals surface area contributed by atoms with E-state index in [0.29, 0.717) is 6.42 Å². The molecule has 0 aromatic heterocycles. The molecule has 0 bridgehead atoms. The Morgan fingerprint density at radius 3 is 2.61 bits per heavy atom. The molecule has 1 aromatic rings. The average Bonchev–Trinajstić information content (AvgIpc) is 2.40. The molecule has 102 valence electrons. The Hall–Kier alpha value is -0.600. The molecule has 0 aliphatic carbocycles. The van der Waals surface area contributed by atoms with Gasteiger partial charge in [-0.3, -0.25) is 0 Å². The maximum Gasteiger partial charge on any atom is 0.142 e. The van der Waals surface area contributed by atoms with Gasteiger partial charge in [-0.15, -0.1) is 0 Å². The van der Waals surface area contributed by atoms with E-state index in [1.807, 2.05) is 6.07 Å². The summed E-state index contributed by atoms with van der Waals surface area (Å²) in [6.07, 6.45) is 4.62. The number of halogens is 2. The van der Waals surface area contributed by atoms with Gasteiger partial charge in [0.15, 0.2) is 0 Å². The maximum atomic E-state index is 13.4. The highest BCUT2D eigenvalue weighted by molar-refractivity contribution is 6.31. The largest absolute Gasteiger partial charge is 0.396 e. The van der Waals surface area contributed by atoms with Crippen LogP contribution in [0.1, 0.15) is 45.1 Å². The van der Waals surface area contributed by atoms with Crippen molar-refractivity contribution in [2.75, 3.05) is 6.61 Å². The number of benzene rings is 1. The Bertz CT molecular complexity index is 375. The van der Waals surface area contributed by atoms with Gasteiger partial charge in [0.2, 0.25) is 0 Å². The van der Waals surface area contributed by atoms with Gasteiger partial charge in [-0.2, -0.15) is 0 Å². The minimum Gasteiger partial charge on any atom is -0.396 e. The minimum atomic E-state index is -0.382. The first kappa shape index (κ1) is 15.5. The zero-order chi connectivity index (χ0) is 13.6. The van der Waals surface area contributed by atoms with Gasteiger partial charge in [0.1, 0.15) is 5.82 Å². The third kappa shape index (κ3) is 3.69. The zero-order valence-corrected chi connectivity index (χ0v) is 11.9. The summed E-state index contributed by atoms with van der Waals surface area (Å²) in [5, 5.41) is 9.88. The van der Waals surface area contributed by atoms with Gasteiger partial charge in [0.25, 0.3) is 0 Å². The van der Waals surface area contributed by atoms with Crippen molar-refractivity contribution in [1.29, 1.82) is 0 Å². The Labute approximate surface area is 114 Å². The molecule has 0 fully saturated rings. The first-order valence-electron chi connectivity index (χ1n) is 6.62. The van der Waals surface area contributed by atoms with Crippen molar-refractivity contribution in [3.63, 3.8) is 0 Å². The highest BCUT2D eigenvalue weighted by atomic mass is 35.5. The van der Waals surface area contributed by atoms with E-state index in [0.717, 1.165) is 31.2 Å². The van der Waals surface area contributed by atoms with E-state index in [4.69, 9.17) is 11.6 Å². The number of hydrogen-bond acceptors (Lipinski definition) is 1. The van der Waals surface area contributed by atoms with E-state index in [1.54, 1.807) is 6.07 Å². The Balaban J connectivity index is 2.92. The molecule has 0 spiro atoms. The third-order valence-corrected chi connectivity index (χ3v) is 4.17. The standard InChI is InChI=1S/C15H22ClFO/c1-3-5-9-15(4-2,11-18)10-12-7-6-8-13(17)14(12)16/h6-8,18H,3-5,9-11H2,1-2H3. The fourth-order valence-electron chi connectivity index (χ4n) is 2.28. The van der Waals surface area contributed by atoms with Crippen LogP contribution >= 0.6 is 11.6 Å². The molecule has 1 aromatic carbocycles. The Morgan fingerprint density at radius 1 is 1.33 bits per heavy atom. The summed E-state index contributed by atoms with van der Waals surface area (Å²) in [6.45, 7) is 4.32. The summed E-state index contributed by atoms with van der Waals surface area (Å²) in [5.74, 6) is -0.382. The van der Waals surface area contributed by atoms with E-state index in [1.165, 1.54) is 6.07 Å². The van der Waals surface area contributed by atoms with E-state index < -0.39 is 0 Å². The van der Waals surface area contributed by atoms with Crippen LogP contribution in [0.2, 0.25) is 5.02 Å². The number of aliphatic hydroxyl groups excluding tert-OH is 1. The fraction of sp³-hybridized carbons (Fsp3) is 0.600. The lowest BCUT2D eigenvalue weighted by Crippen LogP contribution is -2.27. The molecule has 1 N–H and O–H groups in total. The predicted molar refractivity (Wildman–Crippen MR) is 74.4 cm³/mol. The second-order valence-electron chi connectivity index (χ2n) is 5.00. The van der Waals surface area contributed by atoms with Crippen molar-refractivity contribution in [1.82, 2.24) is 0 Å². The molecule has 0 amide bonds. The van der Waals surface area contributed by atoms with Crippen LogP contribution in [0.4, 0.5) is 4.39 Å². The zero-order valence-electron chi connectivity index (χ0n) is 11.2. The molecular formula is C15H22ClFO. The van der Waals surface area contributed by atoms with Crippen molar-refractivity contribution in [3.8, 4) is 0 Å². The first-order valence-corrected chi connectivity index (χ1v) is 7.00. The molecule has 0 aliphatic rings. The van der Waals surface area contributed by atoms with E-state index in [-0.39, 0.29) is 22.9 Å². The molecule has 1 unspecified atom stereocenters. The lowest BCUT2D eigenvalue weighted by molar-refractivity contribution is 0.107. The van der Waals surface area contributed by atoms with Crippen molar-refractivity contribution >= 4 is 11.6 Å². The molecule has 3 heteroatoms. The number of aliphatic hydroxyl groups is 1. The molecule has 0 saturated carbocycles. The van der Waals surface area contributed by atoms with Gasteiger partial charge in [0, 0.05) is 6.61 Å². The van der Waals surface area contributed by atoms with Crippen molar-refractivity contribution in [2.24, 2.45) is 5.41 Å². The molecule has 1 nitrogen and oxygen atoms in total. The third-order valence-electron chi connectivity index (χ3n) is 3.74. The van der Waals surface area contributed by atoms with Gasteiger partial charge < -0.3 is 5.11 Å². The summed E-state index contributed by atoms with van der Waals surface area (Å²) in [7, 11) is 0. The second-order valence-corrected chi connectivity index (χ2v) is 5.38. The van der Waals surface area contributed by atoms with Crippen LogP contribution in [0, 0.1) is 11.2 Å². The van der Waals surface area contributed by atoms with Crippen LogP contribution in [-0.2, 0) is 6.42 Å². The lowest BCUT2D eigenvalue weighted by Gasteiger charge is -2.31. The molecule has 0 heterocycles. The van der Waals surface area contributed by atoms with Crippen LogP contribution in [-0.4, -0.2) is 11.7 Å². The maximum absolute atomic E-state index is 13.4. The summed E-state index contributed by atoms with van der Waals surface area (Å²) in [6, 6.07) is 4.88. The van der Waals surface area contributed by atoms with Crippen LogP contribution in [0.25, 0.3) is 0 Å². The average molecular weight is 273 g/mol. The normalized spacial score (nSPS) is 14.5. The molecule has 1 rings (SSSR count). The van der Waals surface area contributed by atoms with Gasteiger partial charge in [0.05, 0.1) is 5.02 Å². The topological polar surface area (TPSA) is 20.2 Å². The van der Waals surface area contributed by atoms with Gasteiger partial charge in [-0.1, -0.05) is 50.4 Å². The predicted octanol–water partition coefficient (Wildman–Crippen LogP) is 4.60. The van der Waals surface area contributed by atoms with Crippen LogP contribution in [0.5, 0.6) is 0 Å². The summed E-state index contributed by atoms with van der Waals surface area (Å²) >= 11 is 5.99. The quantitative estimate of drug-likeness (QED) is 0.769. The molecule has 0 aliphatic heterocycles. The monoisotopic (exact) mass is 272 g/mol. The van der Waals surface area contributed by atoms with Crippen molar-refractivity contribution in [2.45, 2.75) is 46.0 Å². The summed E-state index contributed by atoms with van der Waals surface area (Å²) in [4.78, 5) is 0. The van der Waals surface area contributed by atoms with Crippen molar-refractivity contribution in [3.05, 3.63) is 34.6 Å². The van der Waals surface area contributed by atoms with Gasteiger partial charge in [-0.05, 0) is 36.3 Å². The molecular weight excluding hydrogens is 251 g/mol. The smallest absolute Gasteiger partial charge is 0.142 e. The highest BCUT2D eigenvalue weighted by Crippen LogP contribution is 2.35. The Kier molecular flexibility index (Phi) is 6.10. The minimum absolute atomic E-state index is 0.121. The van der Waals surface area contributed by atoms with E-state index in [9.17, 15) is 9.50 Å². The first-order chi connectivity index (χ1) is 8.58. The number of unbranched alkanes of at least 4 members (excludes halogenated alkanes) is 1. The van der Waals surface area contributed by atoms with Gasteiger partial charge >= 0.3 is 0 Å². The number of rotatable bonds is 7. The second kappa shape index (κ2) is 7.10. The van der Waals surface area contributed by atoms with E-state index in [2.05, 4.69) is 13.8 Å². The highest BCUT2D eigenvalue weighted by Gasteiger charge is 2.28. The fourth-order valence-corrected chi connectivity index (χ4v) is 2.47. The van der Waals surface area contributed by atoms with Crippen LogP contribution in [0.3, 0.4) is 0 Å². The van der Waals surface area contributed by atoms with Crippen LogP contribution in [0.15, 0.2) is 18.2 Å². The summed E-state index contributed by atoms with van der Waals surface area (Å²) in [5.41, 5.74) is 0.622. The molecule has 18 heavy (non-hydrogen) atoms. The molecule has 1 atom stereocenters. The Morgan fingerprint density at radius 2 is 2.06 bits per heavy atom. The number of hydrogen-bond donors (Lipinski definition) is 1. The van der Waals surface area contributed by atoms with E-state index >= 15 is 0 Å². The summed E-state index contributed by atoms with van der Waals surface area (Å²) < 4.78 is 13.4. The lowest BCUT2D eigenvalue weighted by atomic mass is 9.76. The molecule has 0 saturated heterocycles. The SMILES string of the molecule is CCCCC(CC)(CO)Cc1cccc(F)c1Cl. The van der Waals surface area contributed by atoms with Crippen molar-refractivity contribution < 1.29 is 9.50 Å². The van der Waals surface area contributed by atoms with Crippen LogP contribution < -0.4 is 0 Å². The molecule has 0 radical (unpaired) electrons.